The third-order valence-electron chi connectivity index (χ3n) is 2.50. The zero-order chi connectivity index (χ0) is 14.1. The van der Waals surface area contributed by atoms with E-state index in [1.165, 1.54) is 12.8 Å². The zero-order valence-corrected chi connectivity index (χ0v) is 15.3. The molecule has 0 atom stereocenters. The van der Waals surface area contributed by atoms with Gasteiger partial charge in [-0.05, 0) is 75.4 Å². The van der Waals surface area contributed by atoms with Crippen molar-refractivity contribution in [2.45, 2.75) is 39.2 Å². The highest BCUT2D eigenvalue weighted by molar-refractivity contribution is 14.1. The molecule has 0 amide bonds. The molecule has 1 aromatic rings. The Labute approximate surface area is 141 Å². The Balaban J connectivity index is 2.22. The minimum atomic E-state index is -0.578. The number of benzene rings is 1. The molecule has 1 rings (SSSR count). The van der Waals surface area contributed by atoms with Crippen LogP contribution in [0.1, 0.15) is 38.2 Å². The highest BCUT2D eigenvalue weighted by Gasteiger charge is 2.05. The van der Waals surface area contributed by atoms with Crippen LogP contribution in [0.5, 0.6) is 0 Å². The Morgan fingerprint density at radius 1 is 1.05 bits per heavy atom. The van der Waals surface area contributed by atoms with Crippen molar-refractivity contribution < 1.29 is 14.3 Å². The van der Waals surface area contributed by atoms with E-state index in [0.717, 1.165) is 25.5 Å². The van der Waals surface area contributed by atoms with Crippen LogP contribution < -0.4 is 0 Å². The molecule has 0 aliphatic heterocycles. The number of rotatable bonds is 7. The molecule has 0 fully saturated rings. The van der Waals surface area contributed by atoms with Crippen LogP contribution in [0.15, 0.2) is 18.2 Å². The maximum Gasteiger partial charge on any atom is 0.508 e. The van der Waals surface area contributed by atoms with Crippen LogP contribution in [0, 0.1) is 7.14 Å². The van der Waals surface area contributed by atoms with E-state index in [9.17, 15) is 4.79 Å². The Hall–Kier alpha value is -0.0500. The highest BCUT2D eigenvalue weighted by Crippen LogP contribution is 2.15. The van der Waals surface area contributed by atoms with E-state index in [-0.39, 0.29) is 6.61 Å². The molecule has 0 unspecified atom stereocenters. The van der Waals surface area contributed by atoms with Gasteiger partial charge in [-0.3, -0.25) is 0 Å². The zero-order valence-electron chi connectivity index (χ0n) is 11.0. The molecule has 19 heavy (non-hydrogen) atoms. The summed E-state index contributed by atoms with van der Waals surface area (Å²) in [7, 11) is 0. The van der Waals surface area contributed by atoms with E-state index in [1.807, 2.05) is 12.1 Å². The third-order valence-corrected chi connectivity index (χ3v) is 3.74. The molecular weight excluding hydrogens is 470 g/mol. The normalized spacial score (nSPS) is 10.3. The molecule has 0 saturated heterocycles. The molecule has 0 saturated carbocycles. The first kappa shape index (κ1) is 17.0. The molecule has 0 spiro atoms. The van der Waals surface area contributed by atoms with E-state index in [0.29, 0.717) is 6.61 Å². The third kappa shape index (κ3) is 7.96. The van der Waals surface area contributed by atoms with Crippen LogP contribution >= 0.6 is 45.2 Å². The predicted octanol–water partition coefficient (Wildman–Crippen LogP) is 5.13. The Morgan fingerprint density at radius 3 is 2.37 bits per heavy atom. The largest absolute Gasteiger partial charge is 0.508 e. The number of hydrogen-bond donors (Lipinski definition) is 0. The predicted molar refractivity (Wildman–Crippen MR) is 92.2 cm³/mol. The van der Waals surface area contributed by atoms with Gasteiger partial charge in [0.05, 0.1) is 6.61 Å². The molecule has 106 valence electrons. The van der Waals surface area contributed by atoms with Gasteiger partial charge in [0.25, 0.3) is 0 Å². The molecule has 0 heterocycles. The van der Waals surface area contributed by atoms with Gasteiger partial charge in [-0.1, -0.05) is 26.2 Å². The number of unbranched alkanes of at least 4 members (excludes halogenated alkanes) is 3. The van der Waals surface area contributed by atoms with Crippen LogP contribution in [0.3, 0.4) is 0 Å². The summed E-state index contributed by atoms with van der Waals surface area (Å²) in [5.41, 5.74) is 0.985. The van der Waals surface area contributed by atoms with Gasteiger partial charge >= 0.3 is 6.16 Å². The van der Waals surface area contributed by atoms with E-state index in [1.54, 1.807) is 0 Å². The van der Waals surface area contributed by atoms with Crippen molar-refractivity contribution in [2.24, 2.45) is 0 Å². The van der Waals surface area contributed by atoms with Crippen molar-refractivity contribution in [3.63, 3.8) is 0 Å². The maximum atomic E-state index is 11.4. The molecule has 0 bridgehead atoms. The maximum absolute atomic E-state index is 11.4. The SMILES string of the molecule is CCCCCCOC(=O)OCc1cc(I)cc(I)c1. The van der Waals surface area contributed by atoms with Gasteiger partial charge < -0.3 is 9.47 Å². The number of carbonyl (C=O) groups is 1. The van der Waals surface area contributed by atoms with Crippen molar-refractivity contribution in [1.82, 2.24) is 0 Å². The molecule has 0 aliphatic rings. The van der Waals surface area contributed by atoms with Crippen molar-refractivity contribution in [3.8, 4) is 0 Å². The smallest absolute Gasteiger partial charge is 0.434 e. The second kappa shape index (κ2) is 9.79. The fraction of sp³-hybridized carbons (Fsp3) is 0.500. The first-order chi connectivity index (χ1) is 9.11. The summed E-state index contributed by atoms with van der Waals surface area (Å²) in [6.45, 7) is 2.86. The minimum Gasteiger partial charge on any atom is -0.434 e. The quantitative estimate of drug-likeness (QED) is 0.304. The van der Waals surface area contributed by atoms with E-state index in [2.05, 4.69) is 58.2 Å². The molecule has 0 aliphatic carbocycles. The number of carbonyl (C=O) groups excluding carboxylic acids is 1. The molecule has 0 radical (unpaired) electrons. The molecule has 3 nitrogen and oxygen atoms in total. The summed E-state index contributed by atoms with van der Waals surface area (Å²) < 4.78 is 12.4. The van der Waals surface area contributed by atoms with Crippen LogP contribution in [-0.2, 0) is 16.1 Å². The summed E-state index contributed by atoms with van der Waals surface area (Å²) in [4.78, 5) is 11.4. The summed E-state index contributed by atoms with van der Waals surface area (Å²) in [6.07, 6.45) is 3.78. The minimum absolute atomic E-state index is 0.265. The lowest BCUT2D eigenvalue weighted by Gasteiger charge is -2.07. The van der Waals surface area contributed by atoms with Gasteiger partial charge in [0.1, 0.15) is 6.61 Å². The van der Waals surface area contributed by atoms with Gasteiger partial charge in [-0.15, -0.1) is 0 Å². The summed E-state index contributed by atoms with van der Waals surface area (Å²) in [5.74, 6) is 0. The highest BCUT2D eigenvalue weighted by atomic mass is 127. The fourth-order valence-corrected chi connectivity index (χ4v) is 3.63. The molecule has 1 aromatic carbocycles. The number of ether oxygens (including phenoxy) is 2. The summed E-state index contributed by atoms with van der Waals surface area (Å²) in [5, 5.41) is 0. The van der Waals surface area contributed by atoms with Crippen LogP contribution in [0.2, 0.25) is 0 Å². The molecule has 0 N–H and O–H groups in total. The molecule has 5 heteroatoms. The average molecular weight is 488 g/mol. The first-order valence-electron chi connectivity index (χ1n) is 6.36. The summed E-state index contributed by atoms with van der Waals surface area (Å²) in [6, 6.07) is 6.06. The van der Waals surface area contributed by atoms with Crippen LogP contribution in [0.4, 0.5) is 4.79 Å². The van der Waals surface area contributed by atoms with Crippen LogP contribution in [-0.4, -0.2) is 12.8 Å². The van der Waals surface area contributed by atoms with Gasteiger partial charge in [0.2, 0.25) is 0 Å². The van der Waals surface area contributed by atoms with Gasteiger partial charge in [-0.25, -0.2) is 4.79 Å². The lowest BCUT2D eigenvalue weighted by atomic mass is 10.2. The first-order valence-corrected chi connectivity index (χ1v) is 8.52. The Kier molecular flexibility index (Phi) is 8.76. The Morgan fingerprint density at radius 2 is 1.74 bits per heavy atom. The summed E-state index contributed by atoms with van der Waals surface area (Å²) >= 11 is 4.49. The monoisotopic (exact) mass is 488 g/mol. The van der Waals surface area contributed by atoms with E-state index < -0.39 is 6.16 Å². The van der Waals surface area contributed by atoms with Gasteiger partial charge in [0.15, 0.2) is 0 Å². The van der Waals surface area contributed by atoms with Gasteiger partial charge in [-0.2, -0.15) is 0 Å². The topological polar surface area (TPSA) is 35.5 Å². The second-order valence-electron chi connectivity index (χ2n) is 4.23. The number of hydrogen-bond acceptors (Lipinski definition) is 3. The van der Waals surface area contributed by atoms with Crippen molar-refractivity contribution in [3.05, 3.63) is 30.9 Å². The molecule has 0 aromatic heterocycles. The lowest BCUT2D eigenvalue weighted by molar-refractivity contribution is 0.0487. The van der Waals surface area contributed by atoms with Crippen molar-refractivity contribution in [1.29, 1.82) is 0 Å². The van der Waals surface area contributed by atoms with E-state index in [4.69, 9.17) is 9.47 Å². The van der Waals surface area contributed by atoms with Crippen molar-refractivity contribution >= 4 is 51.3 Å². The Bertz CT molecular complexity index is 387. The van der Waals surface area contributed by atoms with Gasteiger partial charge in [0, 0.05) is 7.14 Å². The van der Waals surface area contributed by atoms with Crippen LogP contribution in [0.25, 0.3) is 0 Å². The number of halogens is 2. The standard InChI is InChI=1S/C14H18I2O3/c1-2-3-4-5-6-18-14(17)19-10-11-7-12(15)9-13(16)8-11/h7-9H,2-6,10H2,1H3. The fourth-order valence-electron chi connectivity index (χ4n) is 1.56. The average Bonchev–Trinajstić information content (AvgIpc) is 2.35. The lowest BCUT2D eigenvalue weighted by Crippen LogP contribution is -2.08. The van der Waals surface area contributed by atoms with E-state index >= 15 is 0 Å². The molecular formula is C14H18I2O3. The second-order valence-corrected chi connectivity index (χ2v) is 6.72. The van der Waals surface area contributed by atoms with Crippen molar-refractivity contribution in [2.75, 3.05) is 6.61 Å².